The third-order valence-electron chi connectivity index (χ3n) is 3.57. The van der Waals surface area contributed by atoms with Crippen molar-refractivity contribution in [2.24, 2.45) is 0 Å². The standard InChI is InChI=1S/C13H23NO4/c1-16-8-4-6-12(15)14-7-3-2-5-11(14)13-17-9-10-18-13/h11,13H,2-10H2,1H3. The molecule has 1 unspecified atom stereocenters. The van der Waals surface area contributed by atoms with Gasteiger partial charge in [0.15, 0.2) is 6.29 Å². The first-order chi connectivity index (χ1) is 8.83. The summed E-state index contributed by atoms with van der Waals surface area (Å²) in [5.41, 5.74) is 0. The Morgan fingerprint density at radius 3 is 2.83 bits per heavy atom. The Bertz CT molecular complexity index is 266. The zero-order valence-corrected chi connectivity index (χ0v) is 11.1. The Balaban J connectivity index is 1.87. The number of nitrogens with zero attached hydrogens (tertiary/aromatic N) is 1. The molecule has 2 aliphatic rings. The topological polar surface area (TPSA) is 48.0 Å². The molecule has 0 N–H and O–H groups in total. The average Bonchev–Trinajstić information content (AvgIpc) is 2.93. The fourth-order valence-electron chi connectivity index (χ4n) is 2.66. The van der Waals surface area contributed by atoms with Crippen molar-refractivity contribution < 1.29 is 19.0 Å². The van der Waals surface area contributed by atoms with Crippen LogP contribution >= 0.6 is 0 Å². The van der Waals surface area contributed by atoms with E-state index in [1.54, 1.807) is 7.11 Å². The average molecular weight is 257 g/mol. The third kappa shape index (κ3) is 3.43. The van der Waals surface area contributed by atoms with Gasteiger partial charge in [0.1, 0.15) is 0 Å². The zero-order chi connectivity index (χ0) is 12.8. The van der Waals surface area contributed by atoms with Gasteiger partial charge in [-0.15, -0.1) is 0 Å². The Hall–Kier alpha value is -0.650. The molecule has 104 valence electrons. The van der Waals surface area contributed by atoms with Crippen LogP contribution in [0.1, 0.15) is 32.1 Å². The van der Waals surface area contributed by atoms with Gasteiger partial charge in [-0.3, -0.25) is 4.79 Å². The summed E-state index contributed by atoms with van der Waals surface area (Å²) in [5.74, 6) is 0.204. The highest BCUT2D eigenvalue weighted by Gasteiger charge is 2.35. The van der Waals surface area contributed by atoms with Gasteiger partial charge in [0.2, 0.25) is 5.91 Å². The number of ether oxygens (including phenoxy) is 3. The first-order valence-corrected chi connectivity index (χ1v) is 6.84. The largest absolute Gasteiger partial charge is 0.385 e. The Labute approximate surface area is 108 Å². The van der Waals surface area contributed by atoms with Crippen molar-refractivity contribution in [2.75, 3.05) is 33.5 Å². The maximum atomic E-state index is 12.2. The van der Waals surface area contributed by atoms with E-state index in [0.717, 1.165) is 32.2 Å². The van der Waals surface area contributed by atoms with Crippen molar-refractivity contribution in [3.63, 3.8) is 0 Å². The molecule has 1 atom stereocenters. The van der Waals surface area contributed by atoms with E-state index in [9.17, 15) is 4.79 Å². The van der Waals surface area contributed by atoms with Crippen LogP contribution in [0.15, 0.2) is 0 Å². The normalized spacial score (nSPS) is 25.6. The summed E-state index contributed by atoms with van der Waals surface area (Å²) >= 11 is 0. The predicted molar refractivity (Wildman–Crippen MR) is 66.2 cm³/mol. The smallest absolute Gasteiger partial charge is 0.223 e. The summed E-state index contributed by atoms with van der Waals surface area (Å²) in [5, 5.41) is 0. The molecule has 0 radical (unpaired) electrons. The van der Waals surface area contributed by atoms with E-state index < -0.39 is 0 Å². The van der Waals surface area contributed by atoms with Crippen LogP contribution in [-0.2, 0) is 19.0 Å². The minimum Gasteiger partial charge on any atom is -0.385 e. The quantitative estimate of drug-likeness (QED) is 0.694. The number of amides is 1. The van der Waals surface area contributed by atoms with Crippen LogP contribution in [0.3, 0.4) is 0 Å². The van der Waals surface area contributed by atoms with Crippen molar-refractivity contribution in [2.45, 2.75) is 44.4 Å². The van der Waals surface area contributed by atoms with E-state index in [-0.39, 0.29) is 18.2 Å². The minimum absolute atomic E-state index is 0.108. The summed E-state index contributed by atoms with van der Waals surface area (Å²) in [4.78, 5) is 14.2. The van der Waals surface area contributed by atoms with Crippen molar-refractivity contribution in [1.82, 2.24) is 4.90 Å². The molecule has 5 nitrogen and oxygen atoms in total. The van der Waals surface area contributed by atoms with Crippen molar-refractivity contribution in [1.29, 1.82) is 0 Å². The van der Waals surface area contributed by atoms with E-state index in [2.05, 4.69) is 0 Å². The molecule has 2 heterocycles. The lowest BCUT2D eigenvalue weighted by Crippen LogP contribution is -2.50. The fraction of sp³-hybridized carbons (Fsp3) is 0.923. The molecular formula is C13H23NO4. The molecule has 0 aromatic rings. The van der Waals surface area contributed by atoms with Gasteiger partial charge < -0.3 is 19.1 Å². The molecule has 0 spiro atoms. The SMILES string of the molecule is COCCCC(=O)N1CCCCC1C1OCCO1. The summed E-state index contributed by atoms with van der Waals surface area (Å²) in [6.45, 7) is 2.76. The molecule has 0 saturated carbocycles. The van der Waals surface area contributed by atoms with Crippen molar-refractivity contribution >= 4 is 5.91 Å². The molecule has 2 rings (SSSR count). The van der Waals surface area contributed by atoms with Crippen LogP contribution < -0.4 is 0 Å². The van der Waals surface area contributed by atoms with Crippen molar-refractivity contribution in [3.05, 3.63) is 0 Å². The number of likely N-dealkylation sites (tertiary alicyclic amines) is 1. The monoisotopic (exact) mass is 257 g/mol. The second-order valence-corrected chi connectivity index (χ2v) is 4.86. The van der Waals surface area contributed by atoms with Gasteiger partial charge in [0, 0.05) is 26.7 Å². The van der Waals surface area contributed by atoms with Gasteiger partial charge in [-0.2, -0.15) is 0 Å². The van der Waals surface area contributed by atoms with Gasteiger partial charge in [0.05, 0.1) is 19.3 Å². The second-order valence-electron chi connectivity index (χ2n) is 4.86. The third-order valence-corrected chi connectivity index (χ3v) is 3.57. The minimum atomic E-state index is -0.211. The van der Waals surface area contributed by atoms with E-state index in [4.69, 9.17) is 14.2 Å². The van der Waals surface area contributed by atoms with Gasteiger partial charge in [-0.25, -0.2) is 0 Å². The number of methoxy groups -OCH3 is 1. The summed E-state index contributed by atoms with van der Waals surface area (Å²) < 4.78 is 16.1. The zero-order valence-electron chi connectivity index (χ0n) is 11.1. The lowest BCUT2D eigenvalue weighted by molar-refractivity contribution is -0.150. The van der Waals surface area contributed by atoms with E-state index in [0.29, 0.717) is 26.2 Å². The highest BCUT2D eigenvalue weighted by atomic mass is 16.7. The highest BCUT2D eigenvalue weighted by Crippen LogP contribution is 2.25. The van der Waals surface area contributed by atoms with Crippen LogP contribution in [0, 0.1) is 0 Å². The van der Waals surface area contributed by atoms with Crippen LogP contribution in [-0.4, -0.2) is 56.6 Å². The summed E-state index contributed by atoms with van der Waals surface area (Å²) in [6.07, 6.45) is 4.34. The summed E-state index contributed by atoms with van der Waals surface area (Å²) in [7, 11) is 1.66. The Morgan fingerprint density at radius 1 is 1.33 bits per heavy atom. The number of rotatable bonds is 5. The van der Waals surface area contributed by atoms with Crippen LogP contribution in [0.2, 0.25) is 0 Å². The molecule has 2 aliphatic heterocycles. The molecular weight excluding hydrogens is 234 g/mol. The molecule has 0 aliphatic carbocycles. The number of carbonyl (C=O) groups is 1. The molecule has 2 saturated heterocycles. The van der Waals surface area contributed by atoms with Crippen LogP contribution in [0.4, 0.5) is 0 Å². The highest BCUT2D eigenvalue weighted by molar-refractivity contribution is 5.76. The summed E-state index contributed by atoms with van der Waals surface area (Å²) in [6, 6.07) is 0.108. The number of hydrogen-bond donors (Lipinski definition) is 0. The fourth-order valence-corrected chi connectivity index (χ4v) is 2.66. The predicted octanol–water partition coefficient (Wildman–Crippen LogP) is 1.17. The van der Waals surface area contributed by atoms with Gasteiger partial charge in [-0.1, -0.05) is 0 Å². The maximum Gasteiger partial charge on any atom is 0.223 e. The van der Waals surface area contributed by atoms with Crippen LogP contribution in [0.25, 0.3) is 0 Å². The Kier molecular flexibility index (Phi) is 5.41. The molecule has 0 aromatic carbocycles. The van der Waals surface area contributed by atoms with E-state index in [1.165, 1.54) is 0 Å². The first-order valence-electron chi connectivity index (χ1n) is 6.84. The second kappa shape index (κ2) is 7.07. The Morgan fingerprint density at radius 2 is 2.11 bits per heavy atom. The molecule has 18 heavy (non-hydrogen) atoms. The number of carbonyl (C=O) groups excluding carboxylic acids is 1. The van der Waals surface area contributed by atoms with E-state index in [1.807, 2.05) is 4.90 Å². The molecule has 2 fully saturated rings. The molecule has 0 bridgehead atoms. The molecule has 0 aromatic heterocycles. The number of piperidine rings is 1. The van der Waals surface area contributed by atoms with Crippen molar-refractivity contribution in [3.8, 4) is 0 Å². The number of hydrogen-bond acceptors (Lipinski definition) is 4. The van der Waals surface area contributed by atoms with Crippen LogP contribution in [0.5, 0.6) is 0 Å². The van der Waals surface area contributed by atoms with Gasteiger partial charge >= 0.3 is 0 Å². The lowest BCUT2D eigenvalue weighted by atomic mass is 10.0. The maximum absolute atomic E-state index is 12.2. The van der Waals surface area contributed by atoms with E-state index >= 15 is 0 Å². The molecule has 1 amide bonds. The first kappa shape index (κ1) is 13.8. The lowest BCUT2D eigenvalue weighted by Gasteiger charge is -2.38. The molecule has 5 heteroatoms. The van der Waals surface area contributed by atoms with Gasteiger partial charge in [0.25, 0.3) is 0 Å². The van der Waals surface area contributed by atoms with Gasteiger partial charge in [-0.05, 0) is 25.7 Å².